The van der Waals surface area contributed by atoms with Crippen LogP contribution in [0.5, 0.6) is 0 Å². The molecule has 0 saturated carbocycles. The molecule has 15 heavy (non-hydrogen) atoms. The molecule has 1 aromatic heterocycles. The second kappa shape index (κ2) is 5.12. The number of hydrogen-bond acceptors (Lipinski definition) is 2. The molecule has 3 heteroatoms. The highest BCUT2D eigenvalue weighted by molar-refractivity contribution is 5.96. The molecule has 3 nitrogen and oxygen atoms in total. The van der Waals surface area contributed by atoms with Gasteiger partial charge < -0.3 is 4.57 Å². The van der Waals surface area contributed by atoms with Gasteiger partial charge in [0.15, 0.2) is 5.78 Å². The van der Waals surface area contributed by atoms with Gasteiger partial charge in [0.25, 0.3) is 0 Å². The lowest BCUT2D eigenvalue weighted by Crippen LogP contribution is -2.30. The molecular weight excluding hydrogens is 188 g/mol. The van der Waals surface area contributed by atoms with Crippen LogP contribution >= 0.6 is 0 Å². The standard InChI is InChI=1S/C12H20N2O/c1-10(2)8-13(3)9-12(15)11-6-5-7-14(11)4/h5-7,10H,8-9H2,1-4H3. The Balaban J connectivity index is 2.53. The SMILES string of the molecule is CC(C)CN(C)CC(=O)c1cccn1C. The fourth-order valence-electron chi connectivity index (χ4n) is 1.76. The van der Waals surface area contributed by atoms with Gasteiger partial charge in [-0.15, -0.1) is 0 Å². The molecule has 0 fully saturated rings. The van der Waals surface area contributed by atoms with Crippen LogP contribution < -0.4 is 0 Å². The fraction of sp³-hybridized carbons (Fsp3) is 0.583. The first-order valence-corrected chi connectivity index (χ1v) is 5.33. The minimum Gasteiger partial charge on any atom is -0.348 e. The molecule has 0 aromatic carbocycles. The molecular formula is C12H20N2O. The van der Waals surface area contributed by atoms with Gasteiger partial charge in [-0.05, 0) is 25.1 Å². The summed E-state index contributed by atoms with van der Waals surface area (Å²) in [6.45, 7) is 5.76. The van der Waals surface area contributed by atoms with Crippen molar-refractivity contribution >= 4 is 5.78 Å². The Morgan fingerprint density at radius 1 is 1.53 bits per heavy atom. The zero-order valence-corrected chi connectivity index (χ0v) is 10.0. The molecule has 0 aliphatic rings. The Bertz CT molecular complexity index is 328. The summed E-state index contributed by atoms with van der Waals surface area (Å²) >= 11 is 0. The number of carbonyl (C=O) groups is 1. The summed E-state index contributed by atoms with van der Waals surface area (Å²) in [7, 11) is 3.89. The smallest absolute Gasteiger partial charge is 0.193 e. The van der Waals surface area contributed by atoms with E-state index in [0.29, 0.717) is 12.5 Å². The van der Waals surface area contributed by atoms with Gasteiger partial charge in [0.05, 0.1) is 12.2 Å². The zero-order chi connectivity index (χ0) is 11.4. The summed E-state index contributed by atoms with van der Waals surface area (Å²) in [5, 5.41) is 0. The molecule has 0 radical (unpaired) electrons. The third kappa shape index (κ3) is 3.51. The number of carbonyl (C=O) groups excluding carboxylic acids is 1. The molecule has 0 aliphatic heterocycles. The van der Waals surface area contributed by atoms with Gasteiger partial charge in [-0.25, -0.2) is 0 Å². The molecule has 0 N–H and O–H groups in total. The first-order chi connectivity index (χ1) is 7.00. The van der Waals surface area contributed by atoms with E-state index in [1.54, 1.807) is 0 Å². The van der Waals surface area contributed by atoms with Crippen molar-refractivity contribution in [1.82, 2.24) is 9.47 Å². The molecule has 1 heterocycles. The van der Waals surface area contributed by atoms with Crippen LogP contribution in [0.3, 0.4) is 0 Å². The van der Waals surface area contributed by atoms with Crippen LogP contribution in [0.1, 0.15) is 24.3 Å². The van der Waals surface area contributed by atoms with E-state index in [1.807, 2.05) is 37.0 Å². The maximum Gasteiger partial charge on any atom is 0.193 e. The van der Waals surface area contributed by atoms with E-state index in [4.69, 9.17) is 0 Å². The van der Waals surface area contributed by atoms with Gasteiger partial charge in [-0.2, -0.15) is 0 Å². The summed E-state index contributed by atoms with van der Waals surface area (Å²) in [4.78, 5) is 13.9. The van der Waals surface area contributed by atoms with Crippen molar-refractivity contribution in [2.75, 3.05) is 20.1 Å². The van der Waals surface area contributed by atoms with Crippen LogP contribution in [0, 0.1) is 5.92 Å². The molecule has 0 unspecified atom stereocenters. The van der Waals surface area contributed by atoms with Crippen LogP contribution in [-0.4, -0.2) is 35.4 Å². The normalized spacial score (nSPS) is 11.3. The highest BCUT2D eigenvalue weighted by Gasteiger charge is 2.12. The van der Waals surface area contributed by atoms with E-state index in [1.165, 1.54) is 0 Å². The summed E-state index contributed by atoms with van der Waals surface area (Å²) < 4.78 is 1.87. The number of ketones is 1. The van der Waals surface area contributed by atoms with E-state index >= 15 is 0 Å². The monoisotopic (exact) mass is 208 g/mol. The van der Waals surface area contributed by atoms with Gasteiger partial charge in [0.2, 0.25) is 0 Å². The number of nitrogens with zero attached hydrogens (tertiary/aromatic N) is 2. The molecule has 84 valence electrons. The Morgan fingerprint density at radius 3 is 2.67 bits per heavy atom. The summed E-state index contributed by atoms with van der Waals surface area (Å²) in [6, 6.07) is 3.77. The van der Waals surface area contributed by atoms with E-state index < -0.39 is 0 Å². The van der Waals surface area contributed by atoms with Gasteiger partial charge in [-0.1, -0.05) is 13.8 Å². The average molecular weight is 208 g/mol. The highest BCUT2D eigenvalue weighted by atomic mass is 16.1. The van der Waals surface area contributed by atoms with Crippen molar-refractivity contribution in [3.05, 3.63) is 24.0 Å². The maximum atomic E-state index is 11.9. The van der Waals surface area contributed by atoms with Crippen molar-refractivity contribution in [3.8, 4) is 0 Å². The average Bonchev–Trinajstić information content (AvgIpc) is 2.49. The predicted molar refractivity (Wildman–Crippen MR) is 62.1 cm³/mol. The van der Waals surface area contributed by atoms with Crippen LogP contribution in [0.2, 0.25) is 0 Å². The molecule has 0 amide bonds. The van der Waals surface area contributed by atoms with Gasteiger partial charge in [0, 0.05) is 19.8 Å². The van der Waals surface area contributed by atoms with E-state index in [-0.39, 0.29) is 5.78 Å². The van der Waals surface area contributed by atoms with Gasteiger partial charge in [-0.3, -0.25) is 9.69 Å². The quantitative estimate of drug-likeness (QED) is 0.689. The minimum absolute atomic E-state index is 0.186. The lowest BCUT2D eigenvalue weighted by molar-refractivity contribution is 0.0932. The Kier molecular flexibility index (Phi) is 4.09. The Hall–Kier alpha value is -1.09. The van der Waals surface area contributed by atoms with Crippen LogP contribution in [0.4, 0.5) is 0 Å². The summed E-state index contributed by atoms with van der Waals surface area (Å²) in [6.07, 6.45) is 1.90. The number of likely N-dealkylation sites (N-methyl/N-ethyl adjacent to an activating group) is 1. The molecule has 0 saturated heterocycles. The van der Waals surface area contributed by atoms with Crippen molar-refractivity contribution in [1.29, 1.82) is 0 Å². The van der Waals surface area contributed by atoms with Crippen molar-refractivity contribution in [2.45, 2.75) is 13.8 Å². The molecule has 1 aromatic rings. The topological polar surface area (TPSA) is 25.2 Å². The molecule has 1 rings (SSSR count). The number of hydrogen-bond donors (Lipinski definition) is 0. The zero-order valence-electron chi connectivity index (χ0n) is 10.0. The van der Waals surface area contributed by atoms with Crippen LogP contribution in [-0.2, 0) is 7.05 Å². The highest BCUT2D eigenvalue weighted by Crippen LogP contribution is 2.03. The first kappa shape index (κ1) is 12.0. The van der Waals surface area contributed by atoms with E-state index in [9.17, 15) is 4.79 Å². The first-order valence-electron chi connectivity index (χ1n) is 5.33. The van der Waals surface area contributed by atoms with Crippen molar-refractivity contribution in [2.24, 2.45) is 13.0 Å². The Labute approximate surface area is 91.7 Å². The number of aromatic nitrogens is 1. The van der Waals surface area contributed by atoms with Crippen LogP contribution in [0.15, 0.2) is 18.3 Å². The summed E-state index contributed by atoms with van der Waals surface area (Å²) in [5.74, 6) is 0.780. The maximum absolute atomic E-state index is 11.9. The third-order valence-corrected chi connectivity index (χ3v) is 2.32. The van der Waals surface area contributed by atoms with E-state index in [0.717, 1.165) is 12.2 Å². The lowest BCUT2D eigenvalue weighted by Gasteiger charge is -2.17. The van der Waals surface area contributed by atoms with Gasteiger partial charge in [0.1, 0.15) is 0 Å². The second-order valence-corrected chi connectivity index (χ2v) is 4.52. The number of aryl methyl sites for hydroxylation is 1. The Morgan fingerprint density at radius 2 is 2.20 bits per heavy atom. The summed E-state index contributed by atoms with van der Waals surface area (Å²) in [5.41, 5.74) is 0.783. The number of Topliss-reactive ketones (excluding diaryl/α,β-unsaturated/α-hetero) is 1. The van der Waals surface area contributed by atoms with Crippen molar-refractivity contribution < 1.29 is 4.79 Å². The molecule has 0 atom stereocenters. The van der Waals surface area contributed by atoms with Gasteiger partial charge >= 0.3 is 0 Å². The molecule has 0 bridgehead atoms. The lowest BCUT2D eigenvalue weighted by atomic mass is 10.2. The largest absolute Gasteiger partial charge is 0.348 e. The van der Waals surface area contributed by atoms with Crippen LogP contribution in [0.25, 0.3) is 0 Å². The number of rotatable bonds is 5. The predicted octanol–water partition coefficient (Wildman–Crippen LogP) is 1.80. The fourth-order valence-corrected chi connectivity index (χ4v) is 1.76. The van der Waals surface area contributed by atoms with Crippen molar-refractivity contribution in [3.63, 3.8) is 0 Å². The second-order valence-electron chi connectivity index (χ2n) is 4.52. The minimum atomic E-state index is 0.186. The van der Waals surface area contributed by atoms with E-state index in [2.05, 4.69) is 18.7 Å². The third-order valence-electron chi connectivity index (χ3n) is 2.32. The molecule has 0 spiro atoms. The molecule has 0 aliphatic carbocycles.